The summed E-state index contributed by atoms with van der Waals surface area (Å²) in [5.74, 6) is 0. The number of aryl methyl sites for hydroxylation is 2. The van der Waals surface area contributed by atoms with Crippen LogP contribution in [0.3, 0.4) is 0 Å². The van der Waals surface area contributed by atoms with Crippen LogP contribution in [0, 0.1) is 12.3 Å². The number of nitrogens with zero attached hydrogens (tertiary/aromatic N) is 2. The molecule has 1 heterocycles. The van der Waals surface area contributed by atoms with Gasteiger partial charge in [0.1, 0.15) is 0 Å². The molecule has 1 aromatic heterocycles. The number of ether oxygens (including phenoxy) is 1. The zero-order valence-corrected chi connectivity index (χ0v) is 11.7. The topological polar surface area (TPSA) is 39.1 Å². The smallest absolute Gasteiger partial charge is 0.0638 e. The van der Waals surface area contributed by atoms with Gasteiger partial charge in [-0.05, 0) is 18.8 Å². The number of methoxy groups -OCH3 is 1. The summed E-state index contributed by atoms with van der Waals surface area (Å²) in [6.07, 6.45) is 3.15. The molecule has 0 aliphatic rings. The van der Waals surface area contributed by atoms with Crippen LogP contribution in [0.15, 0.2) is 6.20 Å². The van der Waals surface area contributed by atoms with Crippen molar-refractivity contribution in [1.29, 1.82) is 0 Å². The lowest BCUT2D eigenvalue weighted by Crippen LogP contribution is -2.30. The fourth-order valence-electron chi connectivity index (χ4n) is 1.82. The lowest BCUT2D eigenvalue weighted by atomic mass is 9.89. The molecule has 0 amide bonds. The second-order valence-electron chi connectivity index (χ2n) is 5.42. The maximum Gasteiger partial charge on any atom is 0.0638 e. The first-order valence-electron chi connectivity index (χ1n) is 6.13. The first-order valence-corrected chi connectivity index (χ1v) is 6.13. The first-order chi connectivity index (χ1) is 7.94. The van der Waals surface area contributed by atoms with Gasteiger partial charge in [0.2, 0.25) is 0 Å². The van der Waals surface area contributed by atoms with Crippen LogP contribution < -0.4 is 5.32 Å². The Morgan fingerprint density at radius 1 is 1.47 bits per heavy atom. The molecule has 0 aliphatic carbocycles. The van der Waals surface area contributed by atoms with Crippen molar-refractivity contribution < 1.29 is 4.74 Å². The molecule has 0 saturated heterocycles. The molecule has 98 valence electrons. The Labute approximate surface area is 104 Å². The molecule has 1 N–H and O–H groups in total. The Kier molecular flexibility index (Phi) is 5.15. The Balaban J connectivity index is 2.34. The van der Waals surface area contributed by atoms with Crippen molar-refractivity contribution in [2.75, 3.05) is 20.3 Å². The third-order valence-corrected chi connectivity index (χ3v) is 3.02. The Bertz CT molecular complexity index is 344. The highest BCUT2D eigenvalue weighted by molar-refractivity contribution is 5.14. The van der Waals surface area contributed by atoms with Gasteiger partial charge in [0.05, 0.1) is 5.69 Å². The lowest BCUT2D eigenvalue weighted by Gasteiger charge is -2.24. The molecule has 0 aliphatic heterocycles. The van der Waals surface area contributed by atoms with Gasteiger partial charge in [0, 0.05) is 45.6 Å². The van der Waals surface area contributed by atoms with Crippen molar-refractivity contribution in [1.82, 2.24) is 15.1 Å². The quantitative estimate of drug-likeness (QED) is 0.789. The minimum Gasteiger partial charge on any atom is -0.385 e. The SMILES string of the molecule is COCCC(C)(C)CNCc1cn(C)nc1C. The maximum absolute atomic E-state index is 5.12. The average Bonchev–Trinajstić information content (AvgIpc) is 2.55. The van der Waals surface area contributed by atoms with E-state index in [2.05, 4.69) is 30.5 Å². The minimum atomic E-state index is 0.270. The third-order valence-electron chi connectivity index (χ3n) is 3.02. The lowest BCUT2D eigenvalue weighted by molar-refractivity contribution is 0.150. The van der Waals surface area contributed by atoms with Gasteiger partial charge in [0.25, 0.3) is 0 Å². The van der Waals surface area contributed by atoms with E-state index >= 15 is 0 Å². The summed E-state index contributed by atoms with van der Waals surface area (Å²) in [7, 11) is 3.71. The van der Waals surface area contributed by atoms with Crippen LogP contribution >= 0.6 is 0 Å². The Morgan fingerprint density at radius 2 is 2.18 bits per heavy atom. The van der Waals surface area contributed by atoms with Gasteiger partial charge >= 0.3 is 0 Å². The van der Waals surface area contributed by atoms with E-state index in [-0.39, 0.29) is 5.41 Å². The van der Waals surface area contributed by atoms with Crippen LogP contribution in [-0.4, -0.2) is 30.0 Å². The molecule has 1 rings (SSSR count). The molecule has 0 fully saturated rings. The predicted octanol–water partition coefficient (Wildman–Crippen LogP) is 1.88. The van der Waals surface area contributed by atoms with Crippen LogP contribution in [0.5, 0.6) is 0 Å². The van der Waals surface area contributed by atoms with Crippen molar-refractivity contribution in [3.05, 3.63) is 17.5 Å². The first kappa shape index (κ1) is 14.2. The van der Waals surface area contributed by atoms with Gasteiger partial charge in [-0.15, -0.1) is 0 Å². The highest BCUT2D eigenvalue weighted by Crippen LogP contribution is 2.19. The van der Waals surface area contributed by atoms with Crippen molar-refractivity contribution in [3.8, 4) is 0 Å². The van der Waals surface area contributed by atoms with Crippen LogP contribution in [-0.2, 0) is 18.3 Å². The van der Waals surface area contributed by atoms with Crippen LogP contribution in [0.4, 0.5) is 0 Å². The van der Waals surface area contributed by atoms with Crippen molar-refractivity contribution >= 4 is 0 Å². The molecule has 17 heavy (non-hydrogen) atoms. The van der Waals surface area contributed by atoms with Gasteiger partial charge in [-0.1, -0.05) is 13.8 Å². The highest BCUT2D eigenvalue weighted by Gasteiger charge is 2.17. The van der Waals surface area contributed by atoms with E-state index in [9.17, 15) is 0 Å². The molecular weight excluding hydrogens is 214 g/mol. The van der Waals surface area contributed by atoms with Crippen molar-refractivity contribution in [3.63, 3.8) is 0 Å². The zero-order valence-electron chi connectivity index (χ0n) is 11.7. The van der Waals surface area contributed by atoms with Crippen LogP contribution in [0.2, 0.25) is 0 Å². The molecule has 0 unspecified atom stereocenters. The fourth-order valence-corrected chi connectivity index (χ4v) is 1.82. The molecule has 0 spiro atoms. The average molecular weight is 239 g/mol. The fraction of sp³-hybridized carbons (Fsp3) is 0.769. The van der Waals surface area contributed by atoms with Gasteiger partial charge in [0.15, 0.2) is 0 Å². The summed E-state index contributed by atoms with van der Waals surface area (Å²) >= 11 is 0. The number of hydrogen-bond donors (Lipinski definition) is 1. The van der Waals surface area contributed by atoms with Crippen molar-refractivity contribution in [2.24, 2.45) is 12.5 Å². The number of rotatable bonds is 7. The van der Waals surface area contributed by atoms with Crippen LogP contribution in [0.25, 0.3) is 0 Å². The van der Waals surface area contributed by atoms with E-state index in [0.29, 0.717) is 0 Å². The summed E-state index contributed by atoms with van der Waals surface area (Å²) < 4.78 is 6.99. The second kappa shape index (κ2) is 6.17. The van der Waals surface area contributed by atoms with E-state index in [1.807, 2.05) is 18.7 Å². The summed E-state index contributed by atoms with van der Waals surface area (Å²) in [6.45, 7) is 9.26. The minimum absolute atomic E-state index is 0.270. The van der Waals surface area contributed by atoms with Gasteiger partial charge in [-0.3, -0.25) is 4.68 Å². The number of nitrogens with one attached hydrogen (secondary N) is 1. The summed E-state index contributed by atoms with van der Waals surface area (Å²) in [4.78, 5) is 0. The zero-order chi connectivity index (χ0) is 12.9. The number of hydrogen-bond acceptors (Lipinski definition) is 3. The molecule has 4 nitrogen and oxygen atoms in total. The van der Waals surface area contributed by atoms with E-state index in [0.717, 1.165) is 31.8 Å². The molecule has 4 heteroatoms. The van der Waals surface area contributed by atoms with E-state index < -0.39 is 0 Å². The van der Waals surface area contributed by atoms with Gasteiger partial charge in [-0.2, -0.15) is 5.10 Å². The molecular formula is C13H25N3O. The standard InChI is InChI=1S/C13H25N3O/c1-11-12(9-16(4)15-11)8-14-10-13(2,3)6-7-17-5/h9,14H,6-8,10H2,1-5H3. The van der Waals surface area contributed by atoms with E-state index in [1.54, 1.807) is 7.11 Å². The molecule has 0 bridgehead atoms. The summed E-state index contributed by atoms with van der Waals surface area (Å²) in [5, 5.41) is 7.83. The van der Waals surface area contributed by atoms with Crippen LogP contribution in [0.1, 0.15) is 31.5 Å². The Morgan fingerprint density at radius 3 is 2.71 bits per heavy atom. The summed E-state index contributed by atoms with van der Waals surface area (Å²) in [6, 6.07) is 0. The molecule has 0 atom stereocenters. The van der Waals surface area contributed by atoms with E-state index in [1.165, 1.54) is 5.56 Å². The normalized spacial score (nSPS) is 12.1. The highest BCUT2D eigenvalue weighted by atomic mass is 16.5. The molecule has 1 aromatic rings. The molecule has 0 aromatic carbocycles. The third kappa shape index (κ3) is 4.88. The summed E-state index contributed by atoms with van der Waals surface area (Å²) in [5.41, 5.74) is 2.65. The second-order valence-corrected chi connectivity index (χ2v) is 5.42. The maximum atomic E-state index is 5.12. The van der Waals surface area contributed by atoms with Gasteiger partial charge in [-0.25, -0.2) is 0 Å². The van der Waals surface area contributed by atoms with Crippen molar-refractivity contribution in [2.45, 2.75) is 33.7 Å². The largest absolute Gasteiger partial charge is 0.385 e. The molecule has 0 saturated carbocycles. The Hall–Kier alpha value is -0.870. The van der Waals surface area contributed by atoms with E-state index in [4.69, 9.17) is 4.74 Å². The predicted molar refractivity (Wildman–Crippen MR) is 69.9 cm³/mol. The number of aromatic nitrogens is 2. The monoisotopic (exact) mass is 239 g/mol. The van der Waals surface area contributed by atoms with Gasteiger partial charge < -0.3 is 10.1 Å². The molecule has 0 radical (unpaired) electrons.